The van der Waals surface area contributed by atoms with E-state index >= 15 is 0 Å². The number of furan rings is 1. The average Bonchev–Trinajstić information content (AvgIpc) is 3.36. The topological polar surface area (TPSA) is 110 Å². The minimum atomic E-state index is -0.635. The van der Waals surface area contributed by atoms with Crippen LogP contribution in [-0.4, -0.2) is 22.7 Å². The summed E-state index contributed by atoms with van der Waals surface area (Å²) in [5, 5.41) is 7.49. The number of carbonyl (C=O) groups excluding carboxylic acids is 1. The molecule has 2 N–H and O–H groups in total. The van der Waals surface area contributed by atoms with Gasteiger partial charge >= 0.3 is 5.76 Å². The Balaban J connectivity index is 1.26. The highest BCUT2D eigenvalue weighted by Crippen LogP contribution is 2.33. The van der Waals surface area contributed by atoms with Gasteiger partial charge < -0.3 is 14.5 Å². The number of nitrogens with zero attached hydrogens (tertiary/aromatic N) is 1. The molecule has 1 aliphatic rings. The molecule has 2 aromatic heterocycles. The number of benzene rings is 2. The van der Waals surface area contributed by atoms with Crippen LogP contribution in [0.15, 0.2) is 56.2 Å². The van der Waals surface area contributed by atoms with E-state index in [0.29, 0.717) is 22.8 Å². The van der Waals surface area contributed by atoms with E-state index in [1.807, 2.05) is 18.2 Å². The van der Waals surface area contributed by atoms with Gasteiger partial charge in [-0.25, -0.2) is 4.79 Å². The first-order chi connectivity index (χ1) is 14.7. The molecule has 1 amide bonds. The molecule has 0 spiro atoms. The zero-order chi connectivity index (χ0) is 20.5. The largest absolute Gasteiger partial charge is 0.484 e. The summed E-state index contributed by atoms with van der Waals surface area (Å²) in [4.78, 5) is 25.9. The van der Waals surface area contributed by atoms with Crippen LogP contribution in [0.3, 0.4) is 0 Å². The molecule has 4 aromatic rings. The van der Waals surface area contributed by atoms with Gasteiger partial charge in [-0.05, 0) is 49.6 Å². The molecule has 0 saturated carbocycles. The molecule has 5 rings (SSSR count). The number of amides is 1. The number of carbonyl (C=O) groups is 1. The first kappa shape index (κ1) is 18.2. The van der Waals surface area contributed by atoms with Crippen molar-refractivity contribution in [3.05, 3.63) is 64.3 Å². The van der Waals surface area contributed by atoms with Crippen molar-refractivity contribution in [1.29, 1.82) is 0 Å². The normalized spacial score (nSPS) is 13.2. The van der Waals surface area contributed by atoms with Crippen LogP contribution in [-0.2, 0) is 17.6 Å². The predicted octanol–water partition coefficient (Wildman–Crippen LogP) is 3.67. The van der Waals surface area contributed by atoms with Gasteiger partial charge in [0.15, 0.2) is 12.4 Å². The van der Waals surface area contributed by atoms with Crippen LogP contribution < -0.4 is 15.8 Å². The molecule has 2 aromatic carbocycles. The van der Waals surface area contributed by atoms with E-state index in [2.05, 4.69) is 20.0 Å². The van der Waals surface area contributed by atoms with Gasteiger partial charge in [-0.3, -0.25) is 14.3 Å². The van der Waals surface area contributed by atoms with Crippen molar-refractivity contribution in [2.24, 2.45) is 0 Å². The van der Waals surface area contributed by atoms with Crippen molar-refractivity contribution < 1.29 is 18.5 Å². The molecule has 152 valence electrons. The molecule has 0 unspecified atom stereocenters. The number of H-pyrrole nitrogens is 1. The van der Waals surface area contributed by atoms with Crippen molar-refractivity contribution in [2.75, 3.05) is 11.9 Å². The van der Waals surface area contributed by atoms with Crippen molar-refractivity contribution in [1.82, 2.24) is 10.1 Å². The fourth-order valence-corrected chi connectivity index (χ4v) is 3.78. The van der Waals surface area contributed by atoms with Crippen LogP contribution in [0.1, 0.15) is 24.2 Å². The highest BCUT2D eigenvalue weighted by Gasteiger charge is 2.18. The number of aryl methyl sites for hydroxylation is 2. The molecular formula is C22H19N3O5. The number of rotatable bonds is 5. The Morgan fingerprint density at radius 3 is 2.93 bits per heavy atom. The lowest BCUT2D eigenvalue weighted by molar-refractivity contribution is -0.118. The molecule has 0 atom stereocenters. The maximum Gasteiger partial charge on any atom is 0.439 e. The summed E-state index contributed by atoms with van der Waals surface area (Å²) in [6, 6.07) is 12.6. The second kappa shape index (κ2) is 7.55. The van der Waals surface area contributed by atoms with Gasteiger partial charge in [0, 0.05) is 28.6 Å². The molecule has 0 radical (unpaired) electrons. The third-order valence-corrected chi connectivity index (χ3v) is 5.16. The molecule has 30 heavy (non-hydrogen) atoms. The van der Waals surface area contributed by atoms with E-state index in [9.17, 15) is 9.59 Å². The van der Waals surface area contributed by atoms with Crippen LogP contribution >= 0.6 is 0 Å². The number of hydrogen-bond acceptors (Lipinski definition) is 6. The summed E-state index contributed by atoms with van der Waals surface area (Å²) in [7, 11) is 0. The third kappa shape index (κ3) is 3.59. The van der Waals surface area contributed by atoms with Crippen LogP contribution in [0.25, 0.3) is 22.4 Å². The Bertz CT molecular complexity index is 1280. The van der Waals surface area contributed by atoms with Gasteiger partial charge in [-0.15, -0.1) is 0 Å². The second-order valence-electron chi connectivity index (χ2n) is 7.23. The van der Waals surface area contributed by atoms with E-state index in [-0.39, 0.29) is 12.5 Å². The van der Waals surface area contributed by atoms with Gasteiger partial charge in [-0.1, -0.05) is 17.3 Å². The third-order valence-electron chi connectivity index (χ3n) is 5.16. The van der Waals surface area contributed by atoms with Crippen LogP contribution in [0.4, 0.5) is 5.69 Å². The number of fused-ring (bicyclic) bond motifs is 3. The Labute approximate surface area is 170 Å². The maximum atomic E-state index is 12.3. The summed E-state index contributed by atoms with van der Waals surface area (Å²) in [5.41, 5.74) is 3.30. The highest BCUT2D eigenvalue weighted by atomic mass is 16.5. The lowest BCUT2D eigenvalue weighted by Gasteiger charge is -2.10. The van der Waals surface area contributed by atoms with Gasteiger partial charge in [0.05, 0.1) is 0 Å². The van der Waals surface area contributed by atoms with Crippen LogP contribution in [0.5, 0.6) is 5.75 Å². The van der Waals surface area contributed by atoms with E-state index in [1.165, 1.54) is 5.56 Å². The standard InChI is InChI=1S/C22H19N3O5/c26-20(23-14-5-3-4-13(10-14)21-24-22(27)30-25-21)12-28-15-8-9-19-17(11-15)16-6-1-2-7-18(16)29-19/h3-5,8-11H,1-2,6-7,12H2,(H,23,26)(H,24,25,27). The Kier molecular flexibility index (Phi) is 4.59. The first-order valence-corrected chi connectivity index (χ1v) is 9.79. The molecule has 0 fully saturated rings. The Morgan fingerprint density at radius 2 is 2.07 bits per heavy atom. The van der Waals surface area contributed by atoms with Crippen LogP contribution in [0, 0.1) is 0 Å². The number of anilines is 1. The van der Waals surface area contributed by atoms with E-state index < -0.39 is 5.76 Å². The number of ether oxygens (including phenoxy) is 1. The average molecular weight is 405 g/mol. The molecule has 0 aliphatic heterocycles. The molecule has 0 bridgehead atoms. The monoisotopic (exact) mass is 405 g/mol. The Morgan fingerprint density at radius 1 is 1.17 bits per heavy atom. The number of nitrogens with one attached hydrogen (secondary N) is 2. The molecular weight excluding hydrogens is 386 g/mol. The van der Waals surface area contributed by atoms with Gasteiger partial charge in [0.25, 0.3) is 5.91 Å². The predicted molar refractivity (Wildman–Crippen MR) is 110 cm³/mol. The fraction of sp³-hybridized carbons (Fsp3) is 0.227. The number of hydrogen-bond donors (Lipinski definition) is 2. The van der Waals surface area contributed by atoms with Crippen molar-refractivity contribution in [3.8, 4) is 17.1 Å². The summed E-state index contributed by atoms with van der Waals surface area (Å²) in [6.07, 6.45) is 4.31. The minimum absolute atomic E-state index is 0.128. The zero-order valence-corrected chi connectivity index (χ0v) is 16.1. The van der Waals surface area contributed by atoms with Gasteiger partial charge in [-0.2, -0.15) is 0 Å². The summed E-state index contributed by atoms with van der Waals surface area (Å²) in [5.74, 6) is 1.06. The lowest BCUT2D eigenvalue weighted by atomic mass is 9.96. The maximum absolute atomic E-state index is 12.3. The van der Waals surface area contributed by atoms with Crippen molar-refractivity contribution in [3.63, 3.8) is 0 Å². The molecule has 1 aliphatic carbocycles. The minimum Gasteiger partial charge on any atom is -0.484 e. The van der Waals surface area contributed by atoms with Gasteiger partial charge in [0.1, 0.15) is 17.1 Å². The van der Waals surface area contributed by atoms with E-state index in [1.54, 1.807) is 24.3 Å². The van der Waals surface area contributed by atoms with Crippen LogP contribution in [0.2, 0.25) is 0 Å². The number of aromatic nitrogens is 2. The smallest absolute Gasteiger partial charge is 0.439 e. The van der Waals surface area contributed by atoms with E-state index in [4.69, 9.17) is 9.15 Å². The van der Waals surface area contributed by atoms with Crippen molar-refractivity contribution in [2.45, 2.75) is 25.7 Å². The summed E-state index contributed by atoms with van der Waals surface area (Å²) in [6.45, 7) is -0.128. The Hall–Kier alpha value is -3.81. The molecule has 2 heterocycles. The molecule has 0 saturated heterocycles. The zero-order valence-electron chi connectivity index (χ0n) is 16.1. The quantitative estimate of drug-likeness (QED) is 0.524. The first-order valence-electron chi connectivity index (χ1n) is 9.79. The fourth-order valence-electron chi connectivity index (χ4n) is 3.78. The molecule has 8 heteroatoms. The molecule has 8 nitrogen and oxygen atoms in total. The second-order valence-corrected chi connectivity index (χ2v) is 7.23. The van der Waals surface area contributed by atoms with E-state index in [0.717, 1.165) is 42.4 Å². The van der Waals surface area contributed by atoms with Gasteiger partial charge in [0.2, 0.25) is 0 Å². The summed E-state index contributed by atoms with van der Waals surface area (Å²) < 4.78 is 16.1. The SMILES string of the molecule is O=C(COc1ccc2oc3c(c2c1)CCCC3)Nc1cccc(-c2noc(=O)[nH]2)c1. The number of aromatic amines is 1. The van der Waals surface area contributed by atoms with Crippen molar-refractivity contribution >= 4 is 22.6 Å². The highest BCUT2D eigenvalue weighted by molar-refractivity contribution is 5.92. The lowest BCUT2D eigenvalue weighted by Crippen LogP contribution is -2.20. The summed E-state index contributed by atoms with van der Waals surface area (Å²) >= 11 is 0.